The molecule has 4 nitrogen and oxygen atoms in total. The van der Waals surface area contributed by atoms with Crippen LogP contribution >= 0.6 is 15.9 Å². The van der Waals surface area contributed by atoms with Gasteiger partial charge in [0.2, 0.25) is 0 Å². The van der Waals surface area contributed by atoms with Crippen LogP contribution in [0.5, 0.6) is 0 Å². The van der Waals surface area contributed by atoms with E-state index in [0.29, 0.717) is 5.56 Å². The van der Waals surface area contributed by atoms with Crippen molar-refractivity contribution >= 4 is 21.8 Å². The van der Waals surface area contributed by atoms with Crippen molar-refractivity contribution in [1.82, 2.24) is 9.66 Å². The molecule has 0 aliphatic carbocycles. The SMILES string of the molecule is Cc1ccc(C)c(-c2ncc(C)n2NC(=O)c2ccc(Br)cc2)c1. The summed E-state index contributed by atoms with van der Waals surface area (Å²) in [5.74, 6) is 0.564. The monoisotopic (exact) mass is 383 g/mol. The van der Waals surface area contributed by atoms with Gasteiger partial charge in [0.05, 0.1) is 11.9 Å². The van der Waals surface area contributed by atoms with Gasteiger partial charge in [-0.1, -0.05) is 33.6 Å². The van der Waals surface area contributed by atoms with Crippen molar-refractivity contribution in [2.45, 2.75) is 20.8 Å². The van der Waals surface area contributed by atoms with E-state index in [1.54, 1.807) is 23.0 Å². The molecule has 0 bridgehead atoms. The van der Waals surface area contributed by atoms with Gasteiger partial charge in [0.1, 0.15) is 0 Å². The molecule has 0 radical (unpaired) electrons. The molecular formula is C19H18BrN3O. The number of nitrogens with zero attached hydrogens (tertiary/aromatic N) is 2. The summed E-state index contributed by atoms with van der Waals surface area (Å²) in [4.78, 5) is 17.0. The van der Waals surface area contributed by atoms with Crippen LogP contribution in [0.4, 0.5) is 0 Å². The van der Waals surface area contributed by atoms with Gasteiger partial charge in [-0.15, -0.1) is 0 Å². The smallest absolute Gasteiger partial charge is 0.267 e. The maximum absolute atomic E-state index is 12.5. The number of aromatic nitrogens is 2. The number of halogens is 1. The lowest BCUT2D eigenvalue weighted by molar-refractivity contribution is 0.101. The minimum absolute atomic E-state index is 0.171. The molecule has 1 N–H and O–H groups in total. The van der Waals surface area contributed by atoms with E-state index in [4.69, 9.17) is 0 Å². The number of aryl methyl sites for hydroxylation is 3. The molecule has 1 aromatic heterocycles. The largest absolute Gasteiger partial charge is 0.270 e. The molecule has 3 rings (SSSR count). The quantitative estimate of drug-likeness (QED) is 0.716. The Morgan fingerprint density at radius 3 is 2.50 bits per heavy atom. The second kappa shape index (κ2) is 6.61. The molecular weight excluding hydrogens is 366 g/mol. The molecule has 3 aromatic rings. The topological polar surface area (TPSA) is 46.9 Å². The van der Waals surface area contributed by atoms with Crippen LogP contribution in [0.1, 0.15) is 27.2 Å². The van der Waals surface area contributed by atoms with E-state index in [2.05, 4.69) is 44.5 Å². The number of amides is 1. The number of nitrogens with one attached hydrogen (secondary N) is 1. The van der Waals surface area contributed by atoms with Gasteiger partial charge < -0.3 is 0 Å². The first-order chi connectivity index (χ1) is 11.5. The van der Waals surface area contributed by atoms with Crippen molar-refractivity contribution in [2.75, 3.05) is 5.43 Å². The number of carbonyl (C=O) groups is 1. The minimum Gasteiger partial charge on any atom is -0.267 e. The Kier molecular flexibility index (Phi) is 4.53. The van der Waals surface area contributed by atoms with Crippen LogP contribution in [0.3, 0.4) is 0 Å². The zero-order valence-corrected chi connectivity index (χ0v) is 15.4. The van der Waals surface area contributed by atoms with Crippen LogP contribution in [0, 0.1) is 20.8 Å². The molecule has 24 heavy (non-hydrogen) atoms. The van der Waals surface area contributed by atoms with Gasteiger partial charge in [-0.2, -0.15) is 0 Å². The highest BCUT2D eigenvalue weighted by molar-refractivity contribution is 9.10. The molecule has 0 atom stereocenters. The highest BCUT2D eigenvalue weighted by atomic mass is 79.9. The molecule has 2 aromatic carbocycles. The van der Waals surface area contributed by atoms with E-state index >= 15 is 0 Å². The van der Waals surface area contributed by atoms with Crippen molar-refractivity contribution in [2.24, 2.45) is 0 Å². The first-order valence-electron chi connectivity index (χ1n) is 7.64. The Labute approximate surface area is 149 Å². The minimum atomic E-state index is -0.171. The third kappa shape index (κ3) is 3.26. The molecule has 122 valence electrons. The molecule has 1 heterocycles. The van der Waals surface area contributed by atoms with Crippen LogP contribution in [0.2, 0.25) is 0 Å². The summed E-state index contributed by atoms with van der Waals surface area (Å²) in [6.07, 6.45) is 1.76. The normalized spacial score (nSPS) is 10.7. The predicted molar refractivity (Wildman–Crippen MR) is 99.7 cm³/mol. The molecule has 0 fully saturated rings. The number of hydrogen-bond donors (Lipinski definition) is 1. The highest BCUT2D eigenvalue weighted by Crippen LogP contribution is 2.24. The van der Waals surface area contributed by atoms with Crippen LogP contribution in [-0.2, 0) is 0 Å². The Balaban J connectivity index is 1.97. The van der Waals surface area contributed by atoms with E-state index in [9.17, 15) is 4.79 Å². The van der Waals surface area contributed by atoms with E-state index < -0.39 is 0 Å². The summed E-state index contributed by atoms with van der Waals surface area (Å²) < 4.78 is 2.68. The number of carbonyl (C=O) groups excluding carboxylic acids is 1. The molecule has 0 spiro atoms. The first kappa shape index (κ1) is 16.5. The Hall–Kier alpha value is -2.40. The van der Waals surface area contributed by atoms with E-state index in [1.807, 2.05) is 32.9 Å². The Morgan fingerprint density at radius 2 is 1.79 bits per heavy atom. The fourth-order valence-electron chi connectivity index (χ4n) is 2.51. The van der Waals surface area contributed by atoms with Gasteiger partial charge in [-0.3, -0.25) is 10.2 Å². The predicted octanol–water partition coefficient (Wildman–Crippen LogP) is 4.62. The van der Waals surface area contributed by atoms with E-state index in [0.717, 1.165) is 32.7 Å². The second-order valence-electron chi connectivity index (χ2n) is 5.82. The second-order valence-corrected chi connectivity index (χ2v) is 6.74. The van der Waals surface area contributed by atoms with Crippen molar-refractivity contribution in [3.8, 4) is 11.4 Å². The average Bonchev–Trinajstić information content (AvgIpc) is 2.91. The standard InChI is InChI=1S/C19H18BrN3O/c1-12-4-5-13(2)17(10-12)18-21-11-14(3)23(18)22-19(24)15-6-8-16(20)9-7-15/h4-11H,1-3H3,(H,22,24). The van der Waals surface area contributed by atoms with Crippen LogP contribution in [0.25, 0.3) is 11.4 Å². The molecule has 0 aliphatic rings. The summed E-state index contributed by atoms with van der Waals surface area (Å²) in [7, 11) is 0. The van der Waals surface area contributed by atoms with E-state index in [-0.39, 0.29) is 5.91 Å². The maximum atomic E-state index is 12.5. The van der Waals surface area contributed by atoms with Crippen molar-refractivity contribution in [3.05, 3.63) is 75.5 Å². The van der Waals surface area contributed by atoms with Gasteiger partial charge in [0.15, 0.2) is 5.82 Å². The lowest BCUT2D eigenvalue weighted by atomic mass is 10.1. The molecule has 0 aliphatic heterocycles. The summed E-state index contributed by atoms with van der Waals surface area (Å²) in [5.41, 5.74) is 7.69. The summed E-state index contributed by atoms with van der Waals surface area (Å²) >= 11 is 3.38. The van der Waals surface area contributed by atoms with Crippen LogP contribution < -0.4 is 5.43 Å². The Bertz CT molecular complexity index is 897. The van der Waals surface area contributed by atoms with Crippen molar-refractivity contribution in [1.29, 1.82) is 0 Å². The van der Waals surface area contributed by atoms with Crippen LogP contribution in [0.15, 0.2) is 53.1 Å². The zero-order valence-electron chi connectivity index (χ0n) is 13.8. The summed E-state index contributed by atoms with van der Waals surface area (Å²) in [5, 5.41) is 0. The van der Waals surface area contributed by atoms with Crippen molar-refractivity contribution in [3.63, 3.8) is 0 Å². The molecule has 5 heteroatoms. The van der Waals surface area contributed by atoms with Gasteiger partial charge in [-0.25, -0.2) is 9.66 Å². The third-order valence-electron chi connectivity index (χ3n) is 3.89. The number of imidazole rings is 1. The fourth-order valence-corrected chi connectivity index (χ4v) is 2.78. The van der Waals surface area contributed by atoms with E-state index in [1.165, 1.54) is 0 Å². The number of hydrogen-bond acceptors (Lipinski definition) is 2. The lowest BCUT2D eigenvalue weighted by Crippen LogP contribution is -2.24. The first-order valence-corrected chi connectivity index (χ1v) is 8.44. The van der Waals surface area contributed by atoms with Gasteiger partial charge >= 0.3 is 0 Å². The molecule has 0 unspecified atom stereocenters. The third-order valence-corrected chi connectivity index (χ3v) is 4.42. The molecule has 0 saturated carbocycles. The Morgan fingerprint density at radius 1 is 1.08 bits per heavy atom. The number of rotatable bonds is 3. The summed E-state index contributed by atoms with van der Waals surface area (Å²) in [6.45, 7) is 6.01. The van der Waals surface area contributed by atoms with Crippen molar-refractivity contribution < 1.29 is 4.79 Å². The van der Waals surface area contributed by atoms with Gasteiger partial charge in [-0.05, 0) is 56.7 Å². The molecule has 0 saturated heterocycles. The highest BCUT2D eigenvalue weighted by Gasteiger charge is 2.15. The lowest BCUT2D eigenvalue weighted by Gasteiger charge is -2.14. The number of benzene rings is 2. The maximum Gasteiger partial charge on any atom is 0.270 e. The fraction of sp³-hybridized carbons (Fsp3) is 0.158. The van der Waals surface area contributed by atoms with Gasteiger partial charge in [0.25, 0.3) is 5.91 Å². The summed E-state index contributed by atoms with van der Waals surface area (Å²) in [6, 6.07) is 13.5. The van der Waals surface area contributed by atoms with Crippen LogP contribution in [-0.4, -0.2) is 15.6 Å². The zero-order chi connectivity index (χ0) is 17.3. The van der Waals surface area contributed by atoms with Gasteiger partial charge in [0, 0.05) is 15.6 Å². The molecule has 1 amide bonds. The average molecular weight is 384 g/mol.